The summed E-state index contributed by atoms with van der Waals surface area (Å²) in [5.41, 5.74) is -0.146. The minimum absolute atomic E-state index is 0.146. The Labute approximate surface area is 67.7 Å². The number of nitrogens with one attached hydrogen (secondary N) is 2. The second-order valence-corrected chi connectivity index (χ2v) is 3.23. The lowest BCUT2D eigenvalue weighted by molar-refractivity contribution is 0.574. The maximum absolute atomic E-state index is 7.48. The van der Waals surface area contributed by atoms with Crippen molar-refractivity contribution < 1.29 is 0 Å². The van der Waals surface area contributed by atoms with Gasteiger partial charge in [-0.25, -0.2) is 4.99 Å². The van der Waals surface area contributed by atoms with E-state index in [1.165, 1.54) is 12.5 Å². The molecule has 0 spiro atoms. The molecular weight excluding hydrogens is 138 g/mol. The lowest BCUT2D eigenvalue weighted by Gasteiger charge is -2.18. The van der Waals surface area contributed by atoms with Gasteiger partial charge in [0, 0.05) is 11.6 Å². The molecule has 0 bridgehead atoms. The van der Waals surface area contributed by atoms with Crippen LogP contribution in [0.15, 0.2) is 17.8 Å². The summed E-state index contributed by atoms with van der Waals surface area (Å²) >= 11 is 0. The lowest BCUT2D eigenvalue weighted by Crippen LogP contribution is -2.32. The smallest absolute Gasteiger partial charge is 0.104 e. The van der Waals surface area contributed by atoms with E-state index in [-0.39, 0.29) is 5.41 Å². The van der Waals surface area contributed by atoms with E-state index in [0.29, 0.717) is 5.84 Å². The molecule has 3 nitrogen and oxygen atoms in total. The van der Waals surface area contributed by atoms with E-state index < -0.39 is 0 Å². The first kappa shape index (κ1) is 9.88. The third kappa shape index (κ3) is 4.31. The monoisotopic (exact) mass is 153 g/mol. The highest BCUT2D eigenvalue weighted by molar-refractivity contribution is 5.93. The third-order valence-corrected chi connectivity index (χ3v) is 1.14. The van der Waals surface area contributed by atoms with Gasteiger partial charge in [-0.2, -0.15) is 0 Å². The summed E-state index contributed by atoms with van der Waals surface area (Å²) in [5.74, 6) is 0.447. The third-order valence-electron chi connectivity index (χ3n) is 1.14. The first-order valence-corrected chi connectivity index (χ1v) is 3.46. The van der Waals surface area contributed by atoms with Crippen LogP contribution in [0, 0.1) is 10.8 Å². The number of amidine groups is 1. The van der Waals surface area contributed by atoms with E-state index in [4.69, 9.17) is 5.41 Å². The van der Waals surface area contributed by atoms with Crippen molar-refractivity contribution in [3.05, 3.63) is 12.8 Å². The number of rotatable bonds is 2. The van der Waals surface area contributed by atoms with Crippen LogP contribution >= 0.6 is 0 Å². The largest absolute Gasteiger partial charge is 0.335 e. The van der Waals surface area contributed by atoms with E-state index in [1.54, 1.807) is 0 Å². The van der Waals surface area contributed by atoms with E-state index in [9.17, 15) is 0 Å². The fourth-order valence-electron chi connectivity index (χ4n) is 0.371. The predicted octanol–water partition coefficient (Wildman–Crippen LogP) is 1.77. The van der Waals surface area contributed by atoms with Crippen LogP contribution in [0.2, 0.25) is 0 Å². The van der Waals surface area contributed by atoms with Gasteiger partial charge in [0.1, 0.15) is 5.84 Å². The highest BCUT2D eigenvalue weighted by Crippen LogP contribution is 2.11. The van der Waals surface area contributed by atoms with Crippen molar-refractivity contribution in [2.75, 3.05) is 0 Å². The first-order valence-electron chi connectivity index (χ1n) is 3.46. The van der Waals surface area contributed by atoms with Crippen LogP contribution in [0.5, 0.6) is 0 Å². The molecule has 0 rings (SSSR count). The predicted molar refractivity (Wildman–Crippen MR) is 49.0 cm³/mol. The van der Waals surface area contributed by atoms with Crippen molar-refractivity contribution in [2.45, 2.75) is 20.8 Å². The molecule has 11 heavy (non-hydrogen) atoms. The Kier molecular flexibility index (Phi) is 3.51. The van der Waals surface area contributed by atoms with Crippen molar-refractivity contribution in [2.24, 2.45) is 10.4 Å². The number of nitrogens with zero attached hydrogens (tertiary/aromatic N) is 1. The molecule has 0 atom stereocenters. The topological polar surface area (TPSA) is 48.2 Å². The molecule has 3 heteroatoms. The van der Waals surface area contributed by atoms with Gasteiger partial charge in [0.15, 0.2) is 0 Å². The Morgan fingerprint density at radius 3 is 2.45 bits per heavy atom. The average Bonchev–Trinajstić information content (AvgIpc) is 1.86. The molecule has 2 N–H and O–H groups in total. The van der Waals surface area contributed by atoms with Crippen LogP contribution < -0.4 is 5.32 Å². The minimum atomic E-state index is -0.146. The molecule has 0 unspecified atom stereocenters. The fraction of sp³-hybridized carbons (Fsp3) is 0.500. The molecule has 0 aliphatic heterocycles. The fourth-order valence-corrected chi connectivity index (χ4v) is 0.371. The molecule has 0 aliphatic carbocycles. The van der Waals surface area contributed by atoms with Gasteiger partial charge in [-0.1, -0.05) is 27.4 Å². The van der Waals surface area contributed by atoms with Crippen LogP contribution in [0.25, 0.3) is 0 Å². The minimum Gasteiger partial charge on any atom is -0.335 e. The van der Waals surface area contributed by atoms with Crippen LogP contribution in [0.3, 0.4) is 0 Å². The quantitative estimate of drug-likeness (QED) is 0.461. The Morgan fingerprint density at radius 1 is 1.55 bits per heavy atom. The van der Waals surface area contributed by atoms with Gasteiger partial charge in [-0.3, -0.25) is 5.41 Å². The molecule has 0 aromatic heterocycles. The normalized spacial score (nSPS) is 11.5. The highest BCUT2D eigenvalue weighted by Gasteiger charge is 2.15. The molecular formula is C8H15N3. The van der Waals surface area contributed by atoms with Gasteiger partial charge < -0.3 is 5.32 Å². The van der Waals surface area contributed by atoms with E-state index in [0.717, 1.165) is 0 Å². The summed E-state index contributed by atoms with van der Waals surface area (Å²) in [4.78, 5) is 3.71. The summed E-state index contributed by atoms with van der Waals surface area (Å²) < 4.78 is 0. The zero-order valence-corrected chi connectivity index (χ0v) is 7.31. The van der Waals surface area contributed by atoms with Crippen LogP contribution in [0.4, 0.5) is 0 Å². The van der Waals surface area contributed by atoms with Crippen LogP contribution in [-0.4, -0.2) is 12.2 Å². The summed E-state index contributed by atoms with van der Waals surface area (Å²) in [7, 11) is 0. The Morgan fingerprint density at radius 2 is 2.09 bits per heavy atom. The second-order valence-electron chi connectivity index (χ2n) is 3.23. The molecule has 0 aliphatic rings. The molecule has 62 valence electrons. The Hall–Kier alpha value is -1.12. The van der Waals surface area contributed by atoms with Gasteiger partial charge in [0.05, 0.1) is 6.34 Å². The molecule has 0 radical (unpaired) electrons. The zero-order chi connectivity index (χ0) is 8.91. The molecule has 0 fully saturated rings. The van der Waals surface area contributed by atoms with Crippen LogP contribution in [-0.2, 0) is 0 Å². The number of hydrogen-bond acceptors (Lipinski definition) is 2. The van der Waals surface area contributed by atoms with Crippen molar-refractivity contribution in [3.8, 4) is 0 Å². The number of aliphatic imine (C=N–C) groups is 1. The van der Waals surface area contributed by atoms with Gasteiger partial charge in [0.25, 0.3) is 0 Å². The van der Waals surface area contributed by atoms with Crippen molar-refractivity contribution in [1.29, 1.82) is 5.41 Å². The summed E-state index contributed by atoms with van der Waals surface area (Å²) in [6, 6.07) is 0. The van der Waals surface area contributed by atoms with Gasteiger partial charge in [0.2, 0.25) is 0 Å². The molecule has 0 saturated heterocycles. The van der Waals surface area contributed by atoms with Crippen LogP contribution in [0.1, 0.15) is 20.8 Å². The maximum Gasteiger partial charge on any atom is 0.104 e. The zero-order valence-electron chi connectivity index (χ0n) is 7.31. The summed E-state index contributed by atoms with van der Waals surface area (Å²) in [6.07, 6.45) is 2.88. The highest BCUT2D eigenvalue weighted by atomic mass is 15.0. The SMILES string of the molecule is C=CN=CNC(=N)C(C)(C)C. The van der Waals surface area contributed by atoms with Crippen molar-refractivity contribution in [3.63, 3.8) is 0 Å². The lowest BCUT2D eigenvalue weighted by atomic mass is 9.95. The summed E-state index contributed by atoms with van der Waals surface area (Å²) in [6.45, 7) is 9.30. The Bertz CT molecular complexity index is 174. The van der Waals surface area contributed by atoms with Gasteiger partial charge >= 0.3 is 0 Å². The first-order chi connectivity index (χ1) is 4.98. The molecule has 0 heterocycles. The van der Waals surface area contributed by atoms with Crippen molar-refractivity contribution >= 4 is 12.2 Å². The van der Waals surface area contributed by atoms with E-state index >= 15 is 0 Å². The van der Waals surface area contributed by atoms with Gasteiger partial charge in [-0.15, -0.1) is 0 Å². The number of hydrogen-bond donors (Lipinski definition) is 2. The molecule has 0 amide bonds. The molecule has 0 aromatic carbocycles. The van der Waals surface area contributed by atoms with E-state index in [2.05, 4.69) is 16.9 Å². The van der Waals surface area contributed by atoms with Gasteiger partial charge in [-0.05, 0) is 0 Å². The maximum atomic E-state index is 7.48. The standard InChI is InChI=1S/C8H15N3/c1-5-10-6-11-7(9)8(2,3)4/h5-6H,1H2,2-4H3,(H2,9,10,11). The molecule has 0 aromatic rings. The molecule has 0 saturated carbocycles. The average molecular weight is 153 g/mol. The van der Waals surface area contributed by atoms with Crippen molar-refractivity contribution in [1.82, 2.24) is 5.32 Å². The second kappa shape index (κ2) is 3.91. The van der Waals surface area contributed by atoms with E-state index in [1.807, 2.05) is 20.8 Å². The Balaban J connectivity index is 3.89. The summed E-state index contributed by atoms with van der Waals surface area (Å²) in [5, 5.41) is 10.2.